The van der Waals surface area contributed by atoms with E-state index in [9.17, 15) is 10.1 Å². The number of nitrogens with zero attached hydrogens (tertiary/aromatic N) is 4. The number of nitrogens with one attached hydrogen (secondary N) is 2. The van der Waals surface area contributed by atoms with E-state index in [1.165, 1.54) is 18.5 Å². The van der Waals surface area contributed by atoms with Crippen LogP contribution in [0, 0.1) is 10.1 Å². The Kier molecular flexibility index (Phi) is 3.98. The molecule has 0 aliphatic carbocycles. The number of fused-ring (bicyclic) bond motifs is 1. The molecule has 1 aromatic carbocycles. The monoisotopic (exact) mass is 346 g/mol. The Morgan fingerprint density at radius 1 is 1.08 bits per heavy atom. The number of hydrogen-bond donors (Lipinski definition) is 2. The van der Waals surface area contributed by atoms with Crippen molar-refractivity contribution in [2.24, 2.45) is 0 Å². The molecule has 2 N–H and O–H groups in total. The minimum atomic E-state index is -0.411. The minimum absolute atomic E-state index is 0.0424. The summed E-state index contributed by atoms with van der Waals surface area (Å²) >= 11 is 0. The van der Waals surface area contributed by atoms with E-state index in [2.05, 4.69) is 25.3 Å². The lowest BCUT2D eigenvalue weighted by molar-refractivity contribution is -0.384. The number of nitro benzene ring substituents is 1. The van der Waals surface area contributed by atoms with Crippen LogP contribution in [0.3, 0.4) is 0 Å². The zero-order chi connectivity index (χ0) is 17.9. The molecule has 4 rings (SSSR count). The average Bonchev–Trinajstić information content (AvgIpc) is 3.12. The number of nitro groups is 1. The highest BCUT2D eigenvalue weighted by Crippen LogP contribution is 2.28. The van der Waals surface area contributed by atoms with Crippen LogP contribution in [-0.4, -0.2) is 24.9 Å². The smallest absolute Gasteiger partial charge is 0.270 e. The lowest BCUT2D eigenvalue weighted by Gasteiger charge is -2.05. The molecule has 0 fully saturated rings. The van der Waals surface area contributed by atoms with Crippen molar-refractivity contribution in [1.29, 1.82) is 0 Å². The largest absolute Gasteiger partial charge is 0.364 e. The first-order valence-electron chi connectivity index (χ1n) is 7.93. The number of benzene rings is 1. The second-order valence-corrected chi connectivity index (χ2v) is 5.65. The van der Waals surface area contributed by atoms with Crippen molar-refractivity contribution in [3.8, 4) is 11.3 Å². The highest BCUT2D eigenvalue weighted by atomic mass is 16.6. The molecule has 8 nitrogen and oxygen atoms in total. The molecule has 26 heavy (non-hydrogen) atoms. The predicted molar refractivity (Wildman–Crippen MR) is 97.5 cm³/mol. The SMILES string of the molecule is O=[N+]([O-])c1cccc(-c2cc3c(NCc4ccccn4)ncnc3[nH]2)c1. The minimum Gasteiger partial charge on any atom is -0.364 e. The number of aromatic nitrogens is 4. The average molecular weight is 346 g/mol. The number of pyridine rings is 1. The Morgan fingerprint density at radius 3 is 2.81 bits per heavy atom. The third kappa shape index (κ3) is 3.07. The molecule has 0 aliphatic rings. The Morgan fingerprint density at radius 2 is 2.00 bits per heavy atom. The second-order valence-electron chi connectivity index (χ2n) is 5.65. The van der Waals surface area contributed by atoms with Crippen molar-refractivity contribution >= 4 is 22.5 Å². The summed E-state index contributed by atoms with van der Waals surface area (Å²) in [6.45, 7) is 0.532. The highest BCUT2D eigenvalue weighted by molar-refractivity contribution is 5.91. The first-order chi connectivity index (χ1) is 12.7. The molecule has 0 atom stereocenters. The zero-order valence-corrected chi connectivity index (χ0v) is 13.6. The molecule has 3 aromatic heterocycles. The van der Waals surface area contributed by atoms with Crippen LogP contribution in [0.4, 0.5) is 11.5 Å². The summed E-state index contributed by atoms with van der Waals surface area (Å²) in [5, 5.41) is 15.1. The van der Waals surface area contributed by atoms with Crippen molar-refractivity contribution in [2.45, 2.75) is 6.54 Å². The van der Waals surface area contributed by atoms with E-state index < -0.39 is 4.92 Å². The van der Waals surface area contributed by atoms with Gasteiger partial charge in [0.2, 0.25) is 0 Å². The van der Waals surface area contributed by atoms with E-state index >= 15 is 0 Å². The van der Waals surface area contributed by atoms with Crippen molar-refractivity contribution in [1.82, 2.24) is 19.9 Å². The van der Waals surface area contributed by atoms with E-state index in [-0.39, 0.29) is 5.69 Å². The van der Waals surface area contributed by atoms with Gasteiger partial charge in [0.05, 0.1) is 22.5 Å². The number of aromatic amines is 1. The van der Waals surface area contributed by atoms with Gasteiger partial charge in [-0.3, -0.25) is 15.1 Å². The molecular formula is C18H14N6O2. The fourth-order valence-electron chi connectivity index (χ4n) is 2.70. The molecule has 0 saturated heterocycles. The quantitative estimate of drug-likeness (QED) is 0.422. The number of hydrogen-bond acceptors (Lipinski definition) is 6. The van der Waals surface area contributed by atoms with E-state index in [0.717, 1.165) is 16.8 Å². The Labute approximate surface area is 148 Å². The third-order valence-corrected chi connectivity index (χ3v) is 3.96. The van der Waals surface area contributed by atoms with Crippen LogP contribution in [-0.2, 0) is 6.54 Å². The van der Waals surface area contributed by atoms with Gasteiger partial charge in [-0.25, -0.2) is 9.97 Å². The fraction of sp³-hybridized carbons (Fsp3) is 0.0556. The molecule has 3 heterocycles. The summed E-state index contributed by atoms with van der Waals surface area (Å²) < 4.78 is 0. The van der Waals surface area contributed by atoms with Gasteiger partial charge < -0.3 is 10.3 Å². The molecule has 0 amide bonds. The maximum absolute atomic E-state index is 11.0. The predicted octanol–water partition coefficient (Wildman–Crippen LogP) is 3.54. The number of anilines is 1. The van der Waals surface area contributed by atoms with Gasteiger partial charge in [-0.15, -0.1) is 0 Å². The van der Waals surface area contributed by atoms with Crippen LogP contribution in [0.1, 0.15) is 5.69 Å². The van der Waals surface area contributed by atoms with Crippen LogP contribution in [0.25, 0.3) is 22.3 Å². The van der Waals surface area contributed by atoms with Gasteiger partial charge in [-0.05, 0) is 18.2 Å². The molecule has 0 aliphatic heterocycles. The molecule has 4 aromatic rings. The first-order valence-corrected chi connectivity index (χ1v) is 7.93. The van der Waals surface area contributed by atoms with Crippen LogP contribution < -0.4 is 5.32 Å². The fourth-order valence-corrected chi connectivity index (χ4v) is 2.70. The van der Waals surface area contributed by atoms with Gasteiger partial charge in [0.15, 0.2) is 0 Å². The normalized spacial score (nSPS) is 10.8. The van der Waals surface area contributed by atoms with Gasteiger partial charge >= 0.3 is 0 Å². The number of non-ortho nitro benzene ring substituents is 1. The molecule has 0 saturated carbocycles. The van der Waals surface area contributed by atoms with E-state index in [4.69, 9.17) is 0 Å². The molecule has 0 unspecified atom stereocenters. The molecular weight excluding hydrogens is 332 g/mol. The topological polar surface area (TPSA) is 110 Å². The Hall–Kier alpha value is -3.81. The van der Waals surface area contributed by atoms with Crippen molar-refractivity contribution < 1.29 is 4.92 Å². The lowest BCUT2D eigenvalue weighted by atomic mass is 10.1. The number of H-pyrrole nitrogens is 1. The maximum atomic E-state index is 11.0. The Bertz CT molecular complexity index is 1080. The van der Waals surface area contributed by atoms with Gasteiger partial charge in [0, 0.05) is 29.6 Å². The summed E-state index contributed by atoms with van der Waals surface area (Å²) in [6, 6.07) is 14.1. The van der Waals surface area contributed by atoms with E-state index in [1.807, 2.05) is 30.3 Å². The van der Waals surface area contributed by atoms with E-state index in [1.54, 1.807) is 12.3 Å². The van der Waals surface area contributed by atoms with Gasteiger partial charge in [-0.2, -0.15) is 0 Å². The highest BCUT2D eigenvalue weighted by Gasteiger charge is 2.12. The zero-order valence-electron chi connectivity index (χ0n) is 13.6. The summed E-state index contributed by atoms with van der Waals surface area (Å²) in [5.74, 6) is 0.675. The molecule has 0 radical (unpaired) electrons. The van der Waals surface area contributed by atoms with Crippen LogP contribution in [0.2, 0.25) is 0 Å². The maximum Gasteiger partial charge on any atom is 0.270 e. The van der Waals surface area contributed by atoms with Crippen LogP contribution >= 0.6 is 0 Å². The van der Waals surface area contributed by atoms with Gasteiger partial charge in [0.1, 0.15) is 17.8 Å². The third-order valence-electron chi connectivity index (χ3n) is 3.96. The second kappa shape index (κ2) is 6.60. The molecule has 128 valence electrons. The summed E-state index contributed by atoms with van der Waals surface area (Å²) in [4.78, 5) is 26.6. The van der Waals surface area contributed by atoms with Crippen LogP contribution in [0.15, 0.2) is 61.1 Å². The van der Waals surface area contributed by atoms with Crippen molar-refractivity contribution in [3.05, 3.63) is 76.9 Å². The van der Waals surface area contributed by atoms with Crippen molar-refractivity contribution in [3.63, 3.8) is 0 Å². The Balaban J connectivity index is 1.67. The first kappa shape index (κ1) is 15.7. The summed E-state index contributed by atoms with van der Waals surface area (Å²) in [5.41, 5.74) is 3.05. The molecule has 0 spiro atoms. The van der Waals surface area contributed by atoms with Crippen molar-refractivity contribution in [2.75, 3.05) is 5.32 Å². The van der Waals surface area contributed by atoms with Gasteiger partial charge in [-0.1, -0.05) is 18.2 Å². The standard InChI is InChI=1S/C18H14N6O2/c25-24(26)14-6-3-4-12(8-14)16-9-15-17(21-11-22-18(15)23-16)20-10-13-5-1-2-7-19-13/h1-9,11H,10H2,(H2,20,21,22,23). The molecule has 8 heteroatoms. The summed E-state index contributed by atoms with van der Waals surface area (Å²) in [6.07, 6.45) is 3.21. The number of rotatable bonds is 5. The van der Waals surface area contributed by atoms with Crippen LogP contribution in [0.5, 0.6) is 0 Å². The van der Waals surface area contributed by atoms with Gasteiger partial charge in [0.25, 0.3) is 5.69 Å². The summed E-state index contributed by atoms with van der Waals surface area (Å²) in [7, 11) is 0. The van der Waals surface area contributed by atoms with E-state index in [0.29, 0.717) is 23.6 Å². The lowest BCUT2D eigenvalue weighted by Crippen LogP contribution is -2.03. The molecule has 0 bridgehead atoms.